The molecule has 0 saturated heterocycles. The number of nitrogens with one attached hydrogen (secondary N) is 1. The third-order valence-corrected chi connectivity index (χ3v) is 5.94. The van der Waals surface area contributed by atoms with Crippen molar-refractivity contribution in [2.45, 2.75) is 38.6 Å². The zero-order valence-electron chi connectivity index (χ0n) is 19.2. The van der Waals surface area contributed by atoms with Gasteiger partial charge >= 0.3 is 6.03 Å². The molecule has 0 aliphatic carbocycles. The first-order valence-electron chi connectivity index (χ1n) is 11.1. The number of hydrogen-bond acceptors (Lipinski definition) is 4. The van der Waals surface area contributed by atoms with Gasteiger partial charge < -0.3 is 16.0 Å². The highest BCUT2D eigenvalue weighted by atomic mass is 35.5. The summed E-state index contributed by atoms with van der Waals surface area (Å²) in [7, 11) is 1.59. The molecule has 0 spiro atoms. The van der Waals surface area contributed by atoms with Gasteiger partial charge in [-0.15, -0.1) is 0 Å². The lowest BCUT2D eigenvalue weighted by atomic mass is 10.1. The van der Waals surface area contributed by atoms with E-state index in [0.29, 0.717) is 47.3 Å². The summed E-state index contributed by atoms with van der Waals surface area (Å²) in [6, 6.07) is 6.55. The Kier molecular flexibility index (Phi) is 8.57. The third kappa shape index (κ3) is 5.90. The standard InChI is InChI=1S/C24H28ClF2N5O2/c1-15(22-29-21-13-16(25)7-9-18(21)23(33)31(22)2)32(12-6-4-3-5-11-28)24(34)30-20-10-8-17(26)14-19(20)27/h7-10,13-15H,3-6,11-12,28H2,1-2H3,(H,30,34). The minimum atomic E-state index is -0.880. The molecule has 2 aromatic carbocycles. The van der Waals surface area contributed by atoms with Crippen molar-refractivity contribution in [3.05, 3.63) is 69.2 Å². The van der Waals surface area contributed by atoms with Crippen molar-refractivity contribution in [2.24, 2.45) is 12.8 Å². The predicted molar refractivity (Wildman–Crippen MR) is 130 cm³/mol. The molecule has 2 amide bonds. The number of amides is 2. The fourth-order valence-electron chi connectivity index (χ4n) is 3.80. The Hall–Kier alpha value is -3.04. The zero-order valence-corrected chi connectivity index (χ0v) is 19.9. The molecule has 10 heteroatoms. The van der Waals surface area contributed by atoms with Crippen LogP contribution in [0.5, 0.6) is 0 Å². The van der Waals surface area contributed by atoms with Crippen LogP contribution in [-0.2, 0) is 7.05 Å². The number of carbonyl (C=O) groups is 1. The summed E-state index contributed by atoms with van der Waals surface area (Å²) >= 11 is 6.09. The molecular weight excluding hydrogens is 464 g/mol. The Labute approximate surface area is 201 Å². The van der Waals surface area contributed by atoms with E-state index in [1.807, 2.05) is 0 Å². The van der Waals surface area contributed by atoms with Crippen LogP contribution in [0.1, 0.15) is 44.5 Å². The molecule has 1 atom stereocenters. The highest BCUT2D eigenvalue weighted by Gasteiger charge is 2.26. The molecule has 0 radical (unpaired) electrons. The number of nitrogens with zero attached hydrogens (tertiary/aromatic N) is 3. The maximum Gasteiger partial charge on any atom is 0.322 e. The van der Waals surface area contributed by atoms with E-state index in [-0.39, 0.29) is 11.2 Å². The fraction of sp³-hybridized carbons (Fsp3) is 0.375. The quantitative estimate of drug-likeness (QED) is 0.413. The van der Waals surface area contributed by atoms with Gasteiger partial charge in [0.25, 0.3) is 5.56 Å². The van der Waals surface area contributed by atoms with E-state index >= 15 is 0 Å². The van der Waals surface area contributed by atoms with Gasteiger partial charge in [0.1, 0.15) is 17.5 Å². The van der Waals surface area contributed by atoms with Crippen molar-refractivity contribution in [1.29, 1.82) is 0 Å². The molecular formula is C24H28ClF2N5O2. The van der Waals surface area contributed by atoms with Crippen LogP contribution >= 0.6 is 11.6 Å². The number of carbonyl (C=O) groups excluding carboxylic acids is 1. The lowest BCUT2D eigenvalue weighted by Gasteiger charge is -2.30. The number of anilines is 1. The summed E-state index contributed by atoms with van der Waals surface area (Å²) in [5, 5.41) is 3.36. The first-order valence-corrected chi connectivity index (χ1v) is 11.5. The maximum atomic E-state index is 14.2. The predicted octanol–water partition coefficient (Wildman–Crippen LogP) is 4.98. The molecule has 0 bridgehead atoms. The molecule has 182 valence electrons. The summed E-state index contributed by atoms with van der Waals surface area (Å²) in [6.07, 6.45) is 3.32. The molecule has 3 N–H and O–H groups in total. The first-order chi connectivity index (χ1) is 16.2. The fourth-order valence-corrected chi connectivity index (χ4v) is 3.97. The molecule has 1 unspecified atom stereocenters. The second-order valence-electron chi connectivity index (χ2n) is 8.12. The number of fused-ring (bicyclic) bond motifs is 1. The largest absolute Gasteiger partial charge is 0.330 e. The van der Waals surface area contributed by atoms with Crippen LogP contribution < -0.4 is 16.6 Å². The number of hydrogen-bond donors (Lipinski definition) is 2. The molecule has 0 aliphatic rings. The Morgan fingerprint density at radius 2 is 1.91 bits per heavy atom. The Balaban J connectivity index is 1.93. The normalized spacial score (nSPS) is 12.1. The summed E-state index contributed by atoms with van der Waals surface area (Å²) in [4.78, 5) is 32.2. The van der Waals surface area contributed by atoms with Gasteiger partial charge in [0, 0.05) is 24.7 Å². The van der Waals surface area contributed by atoms with E-state index in [1.54, 1.807) is 32.2 Å². The minimum absolute atomic E-state index is 0.140. The van der Waals surface area contributed by atoms with Gasteiger partial charge in [-0.2, -0.15) is 0 Å². The van der Waals surface area contributed by atoms with Crippen LogP contribution in [0.25, 0.3) is 10.9 Å². The van der Waals surface area contributed by atoms with Gasteiger partial charge in [-0.3, -0.25) is 9.36 Å². The van der Waals surface area contributed by atoms with E-state index in [4.69, 9.17) is 17.3 Å². The van der Waals surface area contributed by atoms with E-state index in [0.717, 1.165) is 25.3 Å². The number of aromatic nitrogens is 2. The summed E-state index contributed by atoms with van der Waals surface area (Å²) in [5.41, 5.74) is 5.57. The lowest BCUT2D eigenvalue weighted by Crippen LogP contribution is -2.40. The molecule has 34 heavy (non-hydrogen) atoms. The minimum Gasteiger partial charge on any atom is -0.330 e. The number of nitrogens with two attached hydrogens (primary N) is 1. The van der Waals surface area contributed by atoms with Crippen molar-refractivity contribution in [3.8, 4) is 0 Å². The number of benzene rings is 2. The van der Waals surface area contributed by atoms with Crippen molar-refractivity contribution in [3.63, 3.8) is 0 Å². The average Bonchev–Trinajstić information content (AvgIpc) is 2.80. The Bertz CT molecular complexity index is 1230. The van der Waals surface area contributed by atoms with Crippen molar-refractivity contribution < 1.29 is 13.6 Å². The summed E-state index contributed by atoms with van der Waals surface area (Å²) < 4.78 is 28.8. The second kappa shape index (κ2) is 11.4. The molecule has 3 aromatic rings. The second-order valence-corrected chi connectivity index (χ2v) is 8.56. The van der Waals surface area contributed by atoms with Crippen LogP contribution in [0.2, 0.25) is 5.02 Å². The van der Waals surface area contributed by atoms with Crippen LogP contribution in [0.3, 0.4) is 0 Å². The molecule has 0 aliphatic heterocycles. The van der Waals surface area contributed by atoms with Gasteiger partial charge in [0.05, 0.1) is 22.6 Å². The van der Waals surface area contributed by atoms with Gasteiger partial charge in [-0.25, -0.2) is 18.6 Å². The van der Waals surface area contributed by atoms with Crippen LogP contribution in [0, 0.1) is 11.6 Å². The van der Waals surface area contributed by atoms with Crippen molar-refractivity contribution in [2.75, 3.05) is 18.4 Å². The lowest BCUT2D eigenvalue weighted by molar-refractivity contribution is 0.187. The van der Waals surface area contributed by atoms with Gasteiger partial charge in [-0.05, 0) is 56.6 Å². The monoisotopic (exact) mass is 491 g/mol. The van der Waals surface area contributed by atoms with E-state index in [1.165, 1.54) is 15.5 Å². The molecule has 0 saturated carbocycles. The number of rotatable bonds is 9. The molecule has 0 fully saturated rings. The Morgan fingerprint density at radius 1 is 1.18 bits per heavy atom. The molecule has 7 nitrogen and oxygen atoms in total. The topological polar surface area (TPSA) is 93.2 Å². The smallest absolute Gasteiger partial charge is 0.322 e. The summed E-state index contributed by atoms with van der Waals surface area (Å²) in [5.74, 6) is -1.26. The van der Waals surface area contributed by atoms with E-state index in [2.05, 4.69) is 10.3 Å². The number of unbranched alkanes of at least 4 members (excludes halogenated alkanes) is 3. The van der Waals surface area contributed by atoms with Gasteiger partial charge in [0.15, 0.2) is 0 Å². The summed E-state index contributed by atoms with van der Waals surface area (Å²) in [6.45, 7) is 2.68. The molecule has 3 rings (SSSR count). The third-order valence-electron chi connectivity index (χ3n) is 5.70. The SMILES string of the molecule is CC(c1nc2cc(Cl)ccc2c(=O)n1C)N(CCCCCCN)C(=O)Nc1ccc(F)cc1F. The average molecular weight is 492 g/mol. The van der Waals surface area contributed by atoms with Crippen LogP contribution in [0.15, 0.2) is 41.2 Å². The van der Waals surface area contributed by atoms with Crippen molar-refractivity contribution in [1.82, 2.24) is 14.5 Å². The van der Waals surface area contributed by atoms with E-state index in [9.17, 15) is 18.4 Å². The van der Waals surface area contributed by atoms with Crippen LogP contribution in [-0.4, -0.2) is 33.6 Å². The Morgan fingerprint density at radius 3 is 2.62 bits per heavy atom. The number of halogens is 3. The maximum absolute atomic E-state index is 14.2. The highest BCUT2D eigenvalue weighted by Crippen LogP contribution is 2.24. The van der Waals surface area contributed by atoms with Gasteiger partial charge in [0.2, 0.25) is 0 Å². The zero-order chi connectivity index (χ0) is 24.8. The van der Waals surface area contributed by atoms with E-state index < -0.39 is 23.7 Å². The van der Waals surface area contributed by atoms with Crippen molar-refractivity contribution >= 4 is 34.2 Å². The molecule has 1 aromatic heterocycles. The highest BCUT2D eigenvalue weighted by molar-refractivity contribution is 6.31. The molecule has 1 heterocycles. The van der Waals surface area contributed by atoms with Crippen LogP contribution in [0.4, 0.5) is 19.3 Å². The first kappa shape index (κ1) is 25.6. The number of urea groups is 1. The van der Waals surface area contributed by atoms with Gasteiger partial charge in [-0.1, -0.05) is 24.4 Å².